The molecule has 1 aromatic carbocycles. The van der Waals surface area contributed by atoms with E-state index in [0.717, 1.165) is 30.6 Å². The second-order valence-corrected chi connectivity index (χ2v) is 7.05. The average molecular weight is 307 g/mol. The molecule has 0 radical (unpaired) electrons. The van der Waals surface area contributed by atoms with Gasteiger partial charge in [0.25, 0.3) is 0 Å². The molecule has 21 heavy (non-hydrogen) atoms. The zero-order valence-electron chi connectivity index (χ0n) is 12.8. The first-order valence-electron chi connectivity index (χ1n) is 7.73. The summed E-state index contributed by atoms with van der Waals surface area (Å²) in [6, 6.07) is 9.97. The van der Waals surface area contributed by atoms with Crippen LogP contribution in [0, 0.1) is 5.92 Å². The molecule has 2 unspecified atom stereocenters. The van der Waals surface area contributed by atoms with E-state index in [9.17, 15) is 9.90 Å². The lowest BCUT2D eigenvalue weighted by molar-refractivity contribution is -0.144. The molecule has 0 spiro atoms. The lowest BCUT2D eigenvalue weighted by Crippen LogP contribution is -2.52. The molecule has 2 atom stereocenters. The van der Waals surface area contributed by atoms with E-state index in [1.165, 1.54) is 0 Å². The Labute approximate surface area is 131 Å². The number of hydrogen-bond donors (Lipinski definition) is 2. The fourth-order valence-corrected chi connectivity index (χ4v) is 3.72. The quantitative estimate of drug-likeness (QED) is 0.733. The smallest absolute Gasteiger partial charge is 0.329 e. The molecule has 1 aromatic rings. The molecule has 0 aromatic heterocycles. The van der Waals surface area contributed by atoms with Gasteiger partial charge in [-0.3, -0.25) is 5.32 Å². The number of nitrogens with one attached hydrogen (secondary N) is 1. The van der Waals surface area contributed by atoms with Crippen molar-refractivity contribution in [3.63, 3.8) is 0 Å². The Morgan fingerprint density at radius 3 is 2.62 bits per heavy atom. The Balaban J connectivity index is 2.17. The van der Waals surface area contributed by atoms with Gasteiger partial charge in [0.05, 0.1) is 0 Å². The zero-order chi connectivity index (χ0) is 15.3. The molecular weight excluding hydrogens is 282 g/mol. The molecule has 1 saturated carbocycles. The maximum Gasteiger partial charge on any atom is 0.329 e. The molecule has 2 rings (SSSR count). The van der Waals surface area contributed by atoms with Gasteiger partial charge in [0, 0.05) is 11.8 Å². The Kier molecular flexibility index (Phi) is 5.71. The maximum atomic E-state index is 12.1. The van der Waals surface area contributed by atoms with Crippen molar-refractivity contribution >= 4 is 17.7 Å². The van der Waals surface area contributed by atoms with Crippen molar-refractivity contribution in [2.75, 3.05) is 11.5 Å². The molecule has 4 heteroatoms. The van der Waals surface area contributed by atoms with Gasteiger partial charge in [-0.2, -0.15) is 11.8 Å². The number of thioether (sulfide) groups is 1. The van der Waals surface area contributed by atoms with Crippen LogP contribution in [0.1, 0.15) is 38.7 Å². The minimum Gasteiger partial charge on any atom is -0.480 e. The van der Waals surface area contributed by atoms with Crippen LogP contribution >= 0.6 is 11.8 Å². The Morgan fingerprint density at radius 2 is 2.10 bits per heavy atom. The second kappa shape index (κ2) is 7.32. The first-order valence-corrected chi connectivity index (χ1v) is 8.88. The van der Waals surface area contributed by atoms with Crippen LogP contribution in [0.2, 0.25) is 0 Å². The highest BCUT2D eigenvalue weighted by molar-refractivity contribution is 7.99. The molecule has 0 aliphatic heterocycles. The second-order valence-electron chi connectivity index (χ2n) is 6.02. The number of benzene rings is 1. The number of carboxylic acids is 1. The Morgan fingerprint density at radius 1 is 1.43 bits per heavy atom. The van der Waals surface area contributed by atoms with Crippen molar-refractivity contribution in [1.29, 1.82) is 0 Å². The van der Waals surface area contributed by atoms with Gasteiger partial charge in [-0.25, -0.2) is 4.79 Å². The SMILES string of the molecule is CCC(C)CSCC(NC1CC1)(C(=O)O)c1ccccc1. The fraction of sp³-hybridized carbons (Fsp3) is 0.588. The lowest BCUT2D eigenvalue weighted by Gasteiger charge is -2.31. The van der Waals surface area contributed by atoms with Crippen molar-refractivity contribution in [3.8, 4) is 0 Å². The molecule has 1 aliphatic rings. The summed E-state index contributed by atoms with van der Waals surface area (Å²) in [6.07, 6.45) is 3.30. The summed E-state index contributed by atoms with van der Waals surface area (Å²) in [6.45, 7) is 4.39. The third kappa shape index (κ3) is 4.24. The van der Waals surface area contributed by atoms with Gasteiger partial charge in [-0.15, -0.1) is 0 Å². The number of carbonyl (C=O) groups is 1. The molecule has 0 saturated heterocycles. The molecule has 3 nitrogen and oxygen atoms in total. The molecular formula is C17H25NO2S. The van der Waals surface area contributed by atoms with E-state index in [-0.39, 0.29) is 0 Å². The number of rotatable bonds is 9. The summed E-state index contributed by atoms with van der Waals surface area (Å²) in [5.74, 6) is 1.44. The van der Waals surface area contributed by atoms with Crippen LogP contribution in [0.5, 0.6) is 0 Å². The van der Waals surface area contributed by atoms with Crippen molar-refractivity contribution in [3.05, 3.63) is 35.9 Å². The van der Waals surface area contributed by atoms with E-state index in [0.29, 0.717) is 17.7 Å². The van der Waals surface area contributed by atoms with Gasteiger partial charge < -0.3 is 5.11 Å². The van der Waals surface area contributed by atoms with Crippen molar-refractivity contribution in [2.45, 2.75) is 44.7 Å². The first-order chi connectivity index (χ1) is 10.1. The fourth-order valence-electron chi connectivity index (χ4n) is 2.29. The van der Waals surface area contributed by atoms with Crippen molar-refractivity contribution in [1.82, 2.24) is 5.32 Å². The van der Waals surface area contributed by atoms with Crippen LogP contribution in [-0.2, 0) is 10.3 Å². The van der Waals surface area contributed by atoms with E-state index >= 15 is 0 Å². The van der Waals surface area contributed by atoms with Gasteiger partial charge in [0.15, 0.2) is 5.54 Å². The monoisotopic (exact) mass is 307 g/mol. The Hall–Kier alpha value is -1.00. The van der Waals surface area contributed by atoms with E-state index in [1.807, 2.05) is 30.3 Å². The summed E-state index contributed by atoms with van der Waals surface area (Å²) in [5, 5.41) is 13.3. The van der Waals surface area contributed by atoms with Crippen molar-refractivity contribution < 1.29 is 9.90 Å². The van der Waals surface area contributed by atoms with Crippen LogP contribution in [0.3, 0.4) is 0 Å². The molecule has 2 N–H and O–H groups in total. The molecule has 116 valence electrons. The number of aliphatic carboxylic acids is 1. The highest BCUT2D eigenvalue weighted by atomic mass is 32.2. The highest BCUT2D eigenvalue weighted by Crippen LogP contribution is 2.32. The molecule has 0 bridgehead atoms. The summed E-state index contributed by atoms with van der Waals surface area (Å²) in [5.41, 5.74) is -0.0957. The van der Waals surface area contributed by atoms with E-state index < -0.39 is 11.5 Å². The van der Waals surface area contributed by atoms with Crippen LogP contribution in [0.25, 0.3) is 0 Å². The highest BCUT2D eigenvalue weighted by Gasteiger charge is 2.44. The summed E-state index contributed by atoms with van der Waals surface area (Å²) < 4.78 is 0. The van der Waals surface area contributed by atoms with Gasteiger partial charge in [0.2, 0.25) is 0 Å². The van der Waals surface area contributed by atoms with E-state index in [4.69, 9.17) is 0 Å². The summed E-state index contributed by atoms with van der Waals surface area (Å²) >= 11 is 1.74. The molecule has 0 heterocycles. The largest absolute Gasteiger partial charge is 0.480 e. The molecule has 0 amide bonds. The predicted octanol–water partition coefficient (Wildman–Crippen LogP) is 3.50. The van der Waals surface area contributed by atoms with Gasteiger partial charge in [-0.05, 0) is 30.1 Å². The van der Waals surface area contributed by atoms with Crippen LogP contribution in [0.4, 0.5) is 0 Å². The molecule has 1 fully saturated rings. The summed E-state index contributed by atoms with van der Waals surface area (Å²) in [4.78, 5) is 12.1. The van der Waals surface area contributed by atoms with E-state index in [1.54, 1.807) is 11.8 Å². The zero-order valence-corrected chi connectivity index (χ0v) is 13.7. The van der Waals surface area contributed by atoms with Crippen molar-refractivity contribution in [2.24, 2.45) is 5.92 Å². The van der Waals surface area contributed by atoms with Crippen LogP contribution in [-0.4, -0.2) is 28.6 Å². The summed E-state index contributed by atoms with van der Waals surface area (Å²) in [7, 11) is 0. The number of carboxylic acid groups (broad SMARTS) is 1. The topological polar surface area (TPSA) is 49.3 Å². The Bertz CT molecular complexity index is 461. The number of hydrogen-bond acceptors (Lipinski definition) is 3. The van der Waals surface area contributed by atoms with Gasteiger partial charge in [-0.1, -0.05) is 50.6 Å². The average Bonchev–Trinajstić information content (AvgIpc) is 3.30. The predicted molar refractivity (Wildman–Crippen MR) is 88.7 cm³/mol. The first kappa shape index (κ1) is 16.4. The lowest BCUT2D eigenvalue weighted by atomic mass is 9.91. The van der Waals surface area contributed by atoms with Crippen LogP contribution in [0.15, 0.2) is 30.3 Å². The maximum absolute atomic E-state index is 12.1. The van der Waals surface area contributed by atoms with Gasteiger partial charge in [0.1, 0.15) is 0 Å². The standard InChI is InChI=1S/C17H25NO2S/c1-3-13(2)11-21-12-17(16(19)20,18-15-9-10-15)14-7-5-4-6-8-14/h4-8,13,15,18H,3,9-12H2,1-2H3,(H,19,20). The van der Waals surface area contributed by atoms with E-state index in [2.05, 4.69) is 19.2 Å². The molecule has 1 aliphatic carbocycles. The third-order valence-electron chi connectivity index (χ3n) is 4.08. The third-order valence-corrected chi connectivity index (χ3v) is 5.52. The minimum absolute atomic E-state index is 0.352. The minimum atomic E-state index is -0.958. The van der Waals surface area contributed by atoms with Crippen LogP contribution < -0.4 is 5.32 Å². The van der Waals surface area contributed by atoms with Gasteiger partial charge >= 0.3 is 5.97 Å². The normalized spacial score (nSPS) is 19.0.